The Morgan fingerprint density at radius 2 is 2.00 bits per heavy atom. The van der Waals surface area contributed by atoms with E-state index in [9.17, 15) is 9.18 Å². The summed E-state index contributed by atoms with van der Waals surface area (Å²) in [6.45, 7) is 0.358. The van der Waals surface area contributed by atoms with Gasteiger partial charge in [-0.15, -0.1) is 11.3 Å². The second-order valence-electron chi connectivity index (χ2n) is 5.36. The molecule has 2 aromatic carbocycles. The molecule has 1 heterocycles. The second-order valence-corrected chi connectivity index (χ2v) is 6.65. The molecule has 25 heavy (non-hydrogen) atoms. The minimum Gasteiger partial charge on any atom is -0.352 e. The molecule has 0 radical (unpaired) electrons. The number of rotatable bonds is 6. The van der Waals surface area contributed by atoms with Crippen molar-refractivity contribution < 1.29 is 9.18 Å². The fraction of sp³-hybridized carbons (Fsp3) is 0.111. The van der Waals surface area contributed by atoms with E-state index in [4.69, 9.17) is 11.6 Å². The molecule has 7 heteroatoms. The molecule has 1 amide bonds. The standard InChI is InChI=1S/C18H15ClFN3OS/c19-13-2-1-3-15(8-13)22-18-23-16(11-25-18)9-17(24)21-10-12-4-6-14(20)7-5-12/h1-8,11H,9-10H2,(H,21,24)(H,22,23). The fourth-order valence-corrected chi connectivity index (χ4v) is 3.09. The van der Waals surface area contributed by atoms with Gasteiger partial charge in [0, 0.05) is 22.6 Å². The molecule has 3 rings (SSSR count). The Morgan fingerprint density at radius 3 is 2.76 bits per heavy atom. The maximum Gasteiger partial charge on any atom is 0.226 e. The van der Waals surface area contributed by atoms with E-state index < -0.39 is 0 Å². The molecule has 128 valence electrons. The number of halogens is 2. The number of anilines is 2. The lowest BCUT2D eigenvalue weighted by Gasteiger charge is -2.04. The van der Waals surface area contributed by atoms with Gasteiger partial charge in [-0.05, 0) is 35.9 Å². The zero-order valence-electron chi connectivity index (χ0n) is 13.1. The lowest BCUT2D eigenvalue weighted by molar-refractivity contribution is -0.120. The topological polar surface area (TPSA) is 54.0 Å². The number of aromatic nitrogens is 1. The van der Waals surface area contributed by atoms with Gasteiger partial charge in [-0.1, -0.05) is 29.8 Å². The molecule has 0 spiro atoms. The maximum absolute atomic E-state index is 12.8. The minimum absolute atomic E-state index is 0.135. The predicted octanol–water partition coefficient (Wildman–Crippen LogP) is 4.54. The van der Waals surface area contributed by atoms with Crippen LogP contribution >= 0.6 is 22.9 Å². The van der Waals surface area contributed by atoms with Gasteiger partial charge in [0.25, 0.3) is 0 Å². The lowest BCUT2D eigenvalue weighted by atomic mass is 10.2. The van der Waals surface area contributed by atoms with Crippen LogP contribution in [-0.4, -0.2) is 10.9 Å². The van der Waals surface area contributed by atoms with Gasteiger partial charge in [-0.2, -0.15) is 0 Å². The van der Waals surface area contributed by atoms with Crippen molar-refractivity contribution in [3.8, 4) is 0 Å². The van der Waals surface area contributed by atoms with Crippen molar-refractivity contribution in [3.63, 3.8) is 0 Å². The molecule has 3 aromatic rings. The Bertz CT molecular complexity index is 867. The third-order valence-electron chi connectivity index (χ3n) is 3.37. The van der Waals surface area contributed by atoms with E-state index in [1.165, 1.54) is 23.5 Å². The van der Waals surface area contributed by atoms with Crippen LogP contribution in [0.25, 0.3) is 0 Å². The van der Waals surface area contributed by atoms with Gasteiger partial charge >= 0.3 is 0 Å². The zero-order chi connectivity index (χ0) is 17.6. The second kappa shape index (κ2) is 8.09. The summed E-state index contributed by atoms with van der Waals surface area (Å²) in [5.74, 6) is -0.429. The van der Waals surface area contributed by atoms with Gasteiger partial charge in [0.1, 0.15) is 5.82 Å². The van der Waals surface area contributed by atoms with Crippen LogP contribution in [0.15, 0.2) is 53.9 Å². The highest BCUT2D eigenvalue weighted by molar-refractivity contribution is 7.13. The average Bonchev–Trinajstić information content (AvgIpc) is 3.01. The molecule has 4 nitrogen and oxygen atoms in total. The van der Waals surface area contributed by atoms with Crippen LogP contribution in [0.5, 0.6) is 0 Å². The van der Waals surface area contributed by atoms with Crippen molar-refractivity contribution in [3.05, 3.63) is 76.0 Å². The van der Waals surface area contributed by atoms with E-state index in [-0.39, 0.29) is 18.1 Å². The third kappa shape index (κ3) is 5.27. The Labute approximate surface area is 153 Å². The number of carbonyl (C=O) groups is 1. The molecule has 0 aliphatic rings. The molecule has 0 bridgehead atoms. The first-order valence-electron chi connectivity index (χ1n) is 7.56. The zero-order valence-corrected chi connectivity index (χ0v) is 14.7. The predicted molar refractivity (Wildman–Crippen MR) is 98.8 cm³/mol. The summed E-state index contributed by atoms with van der Waals surface area (Å²) < 4.78 is 12.8. The Kier molecular flexibility index (Phi) is 5.63. The average molecular weight is 376 g/mol. The van der Waals surface area contributed by atoms with Gasteiger partial charge in [0.2, 0.25) is 5.91 Å². The number of thiazole rings is 1. The van der Waals surface area contributed by atoms with Crippen molar-refractivity contribution in [2.45, 2.75) is 13.0 Å². The van der Waals surface area contributed by atoms with Gasteiger partial charge in [0.05, 0.1) is 12.1 Å². The summed E-state index contributed by atoms with van der Waals surface area (Å²) in [4.78, 5) is 16.4. The van der Waals surface area contributed by atoms with E-state index in [2.05, 4.69) is 15.6 Å². The SMILES string of the molecule is O=C(Cc1csc(Nc2cccc(Cl)c2)n1)NCc1ccc(F)cc1. The van der Waals surface area contributed by atoms with Crippen LogP contribution in [0.1, 0.15) is 11.3 Å². The Morgan fingerprint density at radius 1 is 1.20 bits per heavy atom. The normalized spacial score (nSPS) is 10.5. The quantitative estimate of drug-likeness (QED) is 0.665. The van der Waals surface area contributed by atoms with Crippen molar-refractivity contribution in [2.75, 3.05) is 5.32 Å². The van der Waals surface area contributed by atoms with Crippen LogP contribution in [0.2, 0.25) is 5.02 Å². The van der Waals surface area contributed by atoms with Gasteiger partial charge in [0.15, 0.2) is 5.13 Å². The van der Waals surface area contributed by atoms with Gasteiger partial charge in [-0.25, -0.2) is 9.37 Å². The number of nitrogens with one attached hydrogen (secondary N) is 2. The van der Waals surface area contributed by atoms with Crippen LogP contribution in [-0.2, 0) is 17.8 Å². The molecule has 0 unspecified atom stereocenters. The number of nitrogens with zero attached hydrogens (tertiary/aromatic N) is 1. The third-order valence-corrected chi connectivity index (χ3v) is 4.41. The van der Waals surface area contributed by atoms with Crippen LogP contribution in [0, 0.1) is 5.82 Å². The summed E-state index contributed by atoms with van der Waals surface area (Å²) in [7, 11) is 0. The molecular formula is C18H15ClFN3OS. The summed E-state index contributed by atoms with van der Waals surface area (Å²) in [5.41, 5.74) is 2.37. The van der Waals surface area contributed by atoms with Gasteiger partial charge in [-0.3, -0.25) is 4.79 Å². The number of amides is 1. The number of hydrogen-bond donors (Lipinski definition) is 2. The first-order chi connectivity index (χ1) is 12.1. The molecule has 1 aromatic heterocycles. The molecule has 0 saturated heterocycles. The number of hydrogen-bond acceptors (Lipinski definition) is 4. The summed E-state index contributed by atoms with van der Waals surface area (Å²) in [5, 5.41) is 9.13. The molecule has 0 aliphatic heterocycles. The maximum atomic E-state index is 12.8. The minimum atomic E-state index is -0.294. The van der Waals surface area contributed by atoms with Gasteiger partial charge < -0.3 is 10.6 Å². The van der Waals surface area contributed by atoms with Crippen molar-refractivity contribution in [2.24, 2.45) is 0 Å². The fourth-order valence-electron chi connectivity index (χ4n) is 2.17. The van der Waals surface area contributed by atoms with Crippen LogP contribution < -0.4 is 10.6 Å². The molecule has 0 atom stereocenters. The lowest BCUT2D eigenvalue weighted by Crippen LogP contribution is -2.24. The van der Waals surface area contributed by atoms with E-state index in [0.717, 1.165) is 11.3 Å². The van der Waals surface area contributed by atoms with Crippen molar-refractivity contribution >= 4 is 39.7 Å². The smallest absolute Gasteiger partial charge is 0.226 e. The number of benzene rings is 2. The van der Waals surface area contributed by atoms with E-state index >= 15 is 0 Å². The monoisotopic (exact) mass is 375 g/mol. The highest BCUT2D eigenvalue weighted by atomic mass is 35.5. The van der Waals surface area contributed by atoms with E-state index in [1.54, 1.807) is 24.3 Å². The molecular weight excluding hydrogens is 361 g/mol. The Hall–Kier alpha value is -2.44. The molecule has 0 aliphatic carbocycles. The number of carbonyl (C=O) groups excluding carboxylic acids is 1. The molecule has 2 N–H and O–H groups in total. The highest BCUT2D eigenvalue weighted by Crippen LogP contribution is 2.23. The van der Waals surface area contributed by atoms with Crippen molar-refractivity contribution in [1.82, 2.24) is 10.3 Å². The van der Waals surface area contributed by atoms with Crippen LogP contribution in [0.4, 0.5) is 15.2 Å². The first-order valence-corrected chi connectivity index (χ1v) is 8.82. The summed E-state index contributed by atoms with van der Waals surface area (Å²) in [6.07, 6.45) is 0.189. The van der Waals surface area contributed by atoms with E-state index in [1.807, 2.05) is 17.5 Å². The summed E-state index contributed by atoms with van der Waals surface area (Å²) in [6, 6.07) is 13.4. The Balaban J connectivity index is 1.52. The van der Waals surface area contributed by atoms with Crippen LogP contribution in [0.3, 0.4) is 0 Å². The van der Waals surface area contributed by atoms with Crippen molar-refractivity contribution in [1.29, 1.82) is 0 Å². The summed E-state index contributed by atoms with van der Waals surface area (Å²) >= 11 is 7.37. The largest absolute Gasteiger partial charge is 0.352 e. The molecule has 0 saturated carbocycles. The van der Waals surface area contributed by atoms with E-state index in [0.29, 0.717) is 22.4 Å². The molecule has 0 fully saturated rings. The highest BCUT2D eigenvalue weighted by Gasteiger charge is 2.08. The first kappa shape index (κ1) is 17.4.